The van der Waals surface area contributed by atoms with Gasteiger partial charge in [0.2, 0.25) is 5.91 Å². The molecule has 2 N–H and O–H groups in total. The number of amides is 1. The van der Waals surface area contributed by atoms with Crippen LogP contribution < -0.4 is 10.8 Å². The molecule has 0 saturated carbocycles. The standard InChI is InChI=1S/C25H30N4O6.ClH/c1-4-34-20(31)11-8-13-26-35-25(33)18(12-14-30)23-24(32)27-19-15-29(3)16(2)21(19)22(28-23)17-9-6-5-7-10-17;/h5-7,9-10,14-15,18,23,26H,4,8,11-13H2,1-3H3,(H,27,32);1H. The zero-order valence-corrected chi connectivity index (χ0v) is 21.3. The lowest BCUT2D eigenvalue weighted by Gasteiger charge is -2.20. The molecule has 0 spiro atoms. The van der Waals surface area contributed by atoms with Crippen molar-refractivity contribution >= 4 is 47.9 Å². The number of aldehydes is 1. The van der Waals surface area contributed by atoms with Crippen LogP contribution in [0.25, 0.3) is 0 Å². The Morgan fingerprint density at radius 1 is 1.28 bits per heavy atom. The first-order chi connectivity index (χ1) is 16.9. The lowest BCUT2D eigenvalue weighted by Crippen LogP contribution is -2.40. The highest BCUT2D eigenvalue weighted by molar-refractivity contribution is 6.20. The van der Waals surface area contributed by atoms with Crippen molar-refractivity contribution in [3.05, 3.63) is 53.3 Å². The number of halogens is 1. The Hall–Kier alpha value is -3.50. The summed E-state index contributed by atoms with van der Waals surface area (Å²) in [5.41, 5.74) is 6.06. The van der Waals surface area contributed by atoms with Crippen molar-refractivity contribution in [1.82, 2.24) is 10.0 Å². The number of nitrogens with one attached hydrogen (secondary N) is 2. The van der Waals surface area contributed by atoms with E-state index in [9.17, 15) is 19.2 Å². The predicted molar refractivity (Wildman–Crippen MR) is 136 cm³/mol. The van der Waals surface area contributed by atoms with Crippen LogP contribution >= 0.6 is 12.4 Å². The number of nitrogens with zero attached hydrogens (tertiary/aromatic N) is 2. The number of aryl methyl sites for hydroxylation is 1. The Bertz CT molecular complexity index is 1120. The fourth-order valence-electron chi connectivity index (χ4n) is 3.87. The molecule has 2 unspecified atom stereocenters. The van der Waals surface area contributed by atoms with Gasteiger partial charge in [0.1, 0.15) is 12.3 Å². The van der Waals surface area contributed by atoms with E-state index < -0.39 is 23.8 Å². The number of fused-ring (bicyclic) bond motifs is 1. The Kier molecular flexibility index (Phi) is 10.8. The van der Waals surface area contributed by atoms with Gasteiger partial charge in [0.15, 0.2) is 0 Å². The molecule has 1 amide bonds. The number of carbonyl (C=O) groups excluding carboxylic acids is 4. The van der Waals surface area contributed by atoms with Gasteiger partial charge in [-0.1, -0.05) is 30.3 Å². The minimum absolute atomic E-state index is 0. The molecule has 1 aromatic carbocycles. The summed E-state index contributed by atoms with van der Waals surface area (Å²) in [5.74, 6) is -2.77. The molecule has 2 aromatic rings. The van der Waals surface area contributed by atoms with Gasteiger partial charge in [-0.15, -0.1) is 12.4 Å². The summed E-state index contributed by atoms with van der Waals surface area (Å²) in [7, 11) is 1.87. The molecule has 10 nitrogen and oxygen atoms in total. The van der Waals surface area contributed by atoms with Crippen molar-refractivity contribution in [3.8, 4) is 0 Å². The van der Waals surface area contributed by atoms with Crippen LogP contribution in [0.15, 0.2) is 41.5 Å². The third kappa shape index (κ3) is 6.79. The van der Waals surface area contributed by atoms with Gasteiger partial charge >= 0.3 is 11.9 Å². The summed E-state index contributed by atoms with van der Waals surface area (Å²) < 4.78 is 6.74. The van der Waals surface area contributed by atoms with E-state index in [4.69, 9.17) is 14.6 Å². The van der Waals surface area contributed by atoms with Crippen LogP contribution in [0, 0.1) is 12.8 Å². The number of esters is 1. The van der Waals surface area contributed by atoms with Crippen LogP contribution in [0.3, 0.4) is 0 Å². The van der Waals surface area contributed by atoms with E-state index in [1.54, 1.807) is 13.1 Å². The Morgan fingerprint density at radius 3 is 2.67 bits per heavy atom. The van der Waals surface area contributed by atoms with Crippen molar-refractivity contribution in [2.45, 2.75) is 39.2 Å². The molecular formula is C25H31ClN4O6. The number of hydrogen-bond acceptors (Lipinski definition) is 8. The molecule has 194 valence electrons. The van der Waals surface area contributed by atoms with Gasteiger partial charge in [-0.2, -0.15) is 5.48 Å². The molecule has 0 fully saturated rings. The maximum absolute atomic E-state index is 13.2. The number of ether oxygens (including phenoxy) is 1. The zero-order valence-electron chi connectivity index (χ0n) is 20.5. The highest BCUT2D eigenvalue weighted by Gasteiger charge is 2.38. The smallest absolute Gasteiger partial charge is 0.330 e. The maximum Gasteiger partial charge on any atom is 0.330 e. The van der Waals surface area contributed by atoms with Gasteiger partial charge in [0.25, 0.3) is 0 Å². The Morgan fingerprint density at radius 2 is 2.00 bits per heavy atom. The molecule has 0 saturated heterocycles. The zero-order chi connectivity index (χ0) is 25.4. The third-order valence-corrected chi connectivity index (χ3v) is 5.73. The van der Waals surface area contributed by atoms with Crippen molar-refractivity contribution in [3.63, 3.8) is 0 Å². The summed E-state index contributed by atoms with van der Waals surface area (Å²) in [6, 6.07) is 8.17. The molecular weight excluding hydrogens is 488 g/mol. The molecule has 0 aliphatic carbocycles. The first-order valence-corrected chi connectivity index (χ1v) is 11.5. The molecule has 0 radical (unpaired) electrons. The fraction of sp³-hybridized carbons (Fsp3) is 0.400. The fourth-order valence-corrected chi connectivity index (χ4v) is 3.87. The quantitative estimate of drug-likeness (QED) is 0.202. The van der Waals surface area contributed by atoms with E-state index in [2.05, 4.69) is 10.8 Å². The number of hydrogen-bond donors (Lipinski definition) is 2. The van der Waals surface area contributed by atoms with E-state index in [-0.39, 0.29) is 37.8 Å². The van der Waals surface area contributed by atoms with Gasteiger partial charge in [0, 0.05) is 49.5 Å². The number of aliphatic imine (C=N–C) groups is 1. The lowest BCUT2D eigenvalue weighted by atomic mass is 9.95. The largest absolute Gasteiger partial charge is 0.466 e. The minimum atomic E-state index is -1.18. The second-order valence-electron chi connectivity index (χ2n) is 8.12. The van der Waals surface area contributed by atoms with Crippen molar-refractivity contribution in [2.75, 3.05) is 18.5 Å². The third-order valence-electron chi connectivity index (χ3n) is 5.73. The van der Waals surface area contributed by atoms with Gasteiger partial charge in [-0.25, -0.2) is 4.79 Å². The van der Waals surface area contributed by atoms with E-state index >= 15 is 0 Å². The first kappa shape index (κ1) is 28.7. The second-order valence-corrected chi connectivity index (χ2v) is 8.12. The van der Waals surface area contributed by atoms with Crippen LogP contribution in [0.4, 0.5) is 5.69 Å². The first-order valence-electron chi connectivity index (χ1n) is 11.5. The molecule has 0 bridgehead atoms. The van der Waals surface area contributed by atoms with Gasteiger partial charge in [-0.05, 0) is 20.3 Å². The van der Waals surface area contributed by atoms with Gasteiger partial charge < -0.3 is 24.3 Å². The van der Waals surface area contributed by atoms with Crippen molar-refractivity contribution in [2.24, 2.45) is 18.0 Å². The molecule has 36 heavy (non-hydrogen) atoms. The average Bonchev–Trinajstić information content (AvgIpc) is 3.02. The molecule has 1 aromatic heterocycles. The average molecular weight is 519 g/mol. The van der Waals surface area contributed by atoms with Crippen molar-refractivity contribution in [1.29, 1.82) is 0 Å². The summed E-state index contributed by atoms with van der Waals surface area (Å²) >= 11 is 0. The summed E-state index contributed by atoms with van der Waals surface area (Å²) in [5, 5.41) is 2.86. The highest BCUT2D eigenvalue weighted by atomic mass is 35.5. The summed E-state index contributed by atoms with van der Waals surface area (Å²) in [6.45, 7) is 4.15. The number of hydroxylamine groups is 1. The molecule has 11 heteroatoms. The van der Waals surface area contributed by atoms with E-state index in [0.29, 0.717) is 30.7 Å². The number of carbonyl (C=O) groups is 4. The van der Waals surface area contributed by atoms with Crippen LogP contribution in [0.5, 0.6) is 0 Å². The number of anilines is 1. The maximum atomic E-state index is 13.2. The summed E-state index contributed by atoms with van der Waals surface area (Å²) in [4.78, 5) is 58.7. The SMILES string of the molecule is CCOC(=O)CCCNOC(=O)C(CC=O)C1N=C(c2ccccc2)c2c(cn(C)c2C)NC1=O.Cl. The van der Waals surface area contributed by atoms with Crippen LogP contribution in [-0.2, 0) is 35.8 Å². The second kappa shape index (κ2) is 13.6. The predicted octanol–water partition coefficient (Wildman–Crippen LogP) is 2.51. The highest BCUT2D eigenvalue weighted by Crippen LogP contribution is 2.30. The summed E-state index contributed by atoms with van der Waals surface area (Å²) in [6.07, 6.45) is 2.68. The van der Waals surface area contributed by atoms with Gasteiger partial charge in [-0.3, -0.25) is 14.6 Å². The number of rotatable bonds is 11. The topological polar surface area (TPSA) is 128 Å². The van der Waals surface area contributed by atoms with Crippen molar-refractivity contribution < 1.29 is 28.8 Å². The molecule has 2 heterocycles. The van der Waals surface area contributed by atoms with E-state index in [0.717, 1.165) is 16.8 Å². The minimum Gasteiger partial charge on any atom is -0.466 e. The molecule has 1 aliphatic heterocycles. The molecule has 2 atom stereocenters. The van der Waals surface area contributed by atoms with Crippen LogP contribution in [0.2, 0.25) is 0 Å². The van der Waals surface area contributed by atoms with E-state index in [1.807, 2.05) is 48.9 Å². The normalized spacial score (nSPS) is 15.4. The Balaban J connectivity index is 0.00000456. The van der Waals surface area contributed by atoms with E-state index in [1.165, 1.54) is 0 Å². The number of aromatic nitrogens is 1. The van der Waals surface area contributed by atoms with Crippen LogP contribution in [-0.4, -0.2) is 53.6 Å². The lowest BCUT2D eigenvalue weighted by molar-refractivity contribution is -0.158. The van der Waals surface area contributed by atoms with Gasteiger partial charge in [0.05, 0.1) is 23.9 Å². The van der Waals surface area contributed by atoms with Crippen LogP contribution in [0.1, 0.15) is 43.0 Å². The Labute approximate surface area is 215 Å². The monoisotopic (exact) mass is 518 g/mol. The molecule has 3 rings (SSSR count). The number of benzene rings is 1. The molecule has 1 aliphatic rings.